The van der Waals surface area contributed by atoms with Gasteiger partial charge in [-0.15, -0.1) is 5.10 Å². The van der Waals surface area contributed by atoms with E-state index in [1.165, 1.54) is 5.56 Å². The average molecular weight is 374 g/mol. The molecule has 0 saturated carbocycles. The second kappa shape index (κ2) is 8.65. The summed E-state index contributed by atoms with van der Waals surface area (Å²) in [5.41, 5.74) is 1.96. The second-order valence-electron chi connectivity index (χ2n) is 5.41. The second-order valence-corrected chi connectivity index (χ2v) is 6.19. The first-order valence-corrected chi connectivity index (χ1v) is 8.66. The molecule has 0 unspecified atom stereocenters. The van der Waals surface area contributed by atoms with Gasteiger partial charge in [-0.1, -0.05) is 59.6 Å². The summed E-state index contributed by atoms with van der Waals surface area (Å²) < 4.78 is 0. The van der Waals surface area contributed by atoms with E-state index in [0.717, 1.165) is 19.4 Å². The van der Waals surface area contributed by atoms with Gasteiger partial charge in [-0.2, -0.15) is 10.1 Å². The van der Waals surface area contributed by atoms with Gasteiger partial charge in [-0.25, -0.2) is 0 Å². The lowest BCUT2D eigenvalue weighted by molar-refractivity contribution is 0.853. The SMILES string of the molecule is Clc1cccc(Nc2nncc(NCCCc3ccccc3)n2)c1Cl. The molecule has 3 aromatic rings. The molecule has 128 valence electrons. The number of halogens is 2. The van der Waals surface area contributed by atoms with Crippen LogP contribution in [0, 0.1) is 0 Å². The molecule has 5 nitrogen and oxygen atoms in total. The Hall–Kier alpha value is -2.37. The Morgan fingerprint density at radius 3 is 2.64 bits per heavy atom. The summed E-state index contributed by atoms with van der Waals surface area (Å²) in [6.45, 7) is 0.797. The highest BCUT2D eigenvalue weighted by atomic mass is 35.5. The summed E-state index contributed by atoms with van der Waals surface area (Å²) in [5, 5.41) is 15.1. The van der Waals surface area contributed by atoms with Crippen LogP contribution in [0.1, 0.15) is 12.0 Å². The molecule has 2 aromatic carbocycles. The maximum absolute atomic E-state index is 6.16. The van der Waals surface area contributed by atoms with Crippen LogP contribution in [0.3, 0.4) is 0 Å². The zero-order valence-electron chi connectivity index (χ0n) is 13.4. The molecule has 0 aliphatic rings. The van der Waals surface area contributed by atoms with Crippen LogP contribution in [0.15, 0.2) is 54.7 Å². The van der Waals surface area contributed by atoms with E-state index in [2.05, 4.69) is 50.1 Å². The Labute approximate surface area is 156 Å². The Kier molecular flexibility index (Phi) is 6.04. The average Bonchev–Trinajstić information content (AvgIpc) is 2.64. The van der Waals surface area contributed by atoms with Crippen LogP contribution in [0.2, 0.25) is 10.0 Å². The van der Waals surface area contributed by atoms with Crippen LogP contribution >= 0.6 is 23.2 Å². The summed E-state index contributed by atoms with van der Waals surface area (Å²) in [5.74, 6) is 1.01. The zero-order valence-corrected chi connectivity index (χ0v) is 14.9. The highest BCUT2D eigenvalue weighted by Gasteiger charge is 2.07. The number of hydrogen-bond acceptors (Lipinski definition) is 5. The van der Waals surface area contributed by atoms with Gasteiger partial charge in [0, 0.05) is 6.54 Å². The van der Waals surface area contributed by atoms with E-state index in [0.29, 0.717) is 27.5 Å². The van der Waals surface area contributed by atoms with Gasteiger partial charge in [0.1, 0.15) is 0 Å². The van der Waals surface area contributed by atoms with Crippen LogP contribution in [0.4, 0.5) is 17.5 Å². The van der Waals surface area contributed by atoms with E-state index in [9.17, 15) is 0 Å². The Balaban J connectivity index is 1.55. The molecule has 1 aromatic heterocycles. The van der Waals surface area contributed by atoms with E-state index < -0.39 is 0 Å². The highest BCUT2D eigenvalue weighted by Crippen LogP contribution is 2.30. The standard InChI is InChI=1S/C18H17Cl2N5/c19-14-9-4-10-15(17(14)20)23-18-24-16(12-22-25-18)21-11-5-8-13-6-2-1-3-7-13/h1-4,6-7,9-10,12H,5,8,11H2,(H2,21,23,24,25). The quantitative estimate of drug-likeness (QED) is 0.572. The number of rotatable bonds is 7. The molecule has 0 bridgehead atoms. The Morgan fingerprint density at radius 1 is 0.960 bits per heavy atom. The number of hydrogen-bond donors (Lipinski definition) is 2. The molecule has 0 atom stereocenters. The molecule has 1 heterocycles. The number of aryl methyl sites for hydroxylation is 1. The number of aromatic nitrogens is 3. The molecule has 0 amide bonds. The van der Waals surface area contributed by atoms with Crippen LogP contribution < -0.4 is 10.6 Å². The molecular formula is C18H17Cl2N5. The van der Waals surface area contributed by atoms with Gasteiger partial charge in [0.2, 0.25) is 5.95 Å². The predicted octanol–water partition coefficient (Wildman–Crippen LogP) is 4.97. The van der Waals surface area contributed by atoms with Crippen LogP contribution in [-0.2, 0) is 6.42 Å². The molecule has 2 N–H and O–H groups in total. The van der Waals surface area contributed by atoms with Crippen LogP contribution in [-0.4, -0.2) is 21.7 Å². The molecule has 0 spiro atoms. The lowest BCUT2D eigenvalue weighted by atomic mass is 10.1. The lowest BCUT2D eigenvalue weighted by Gasteiger charge is -2.09. The largest absolute Gasteiger partial charge is 0.369 e. The molecule has 7 heteroatoms. The first kappa shape index (κ1) is 17.5. The third-order valence-electron chi connectivity index (χ3n) is 3.55. The van der Waals surface area contributed by atoms with Gasteiger partial charge in [0.15, 0.2) is 5.82 Å². The van der Waals surface area contributed by atoms with Crippen molar-refractivity contribution in [3.63, 3.8) is 0 Å². The topological polar surface area (TPSA) is 62.7 Å². The van der Waals surface area contributed by atoms with Crippen molar-refractivity contribution < 1.29 is 0 Å². The van der Waals surface area contributed by atoms with Crippen molar-refractivity contribution in [1.29, 1.82) is 0 Å². The summed E-state index contributed by atoms with van der Waals surface area (Å²) in [6, 6.07) is 15.7. The number of benzene rings is 2. The number of nitrogens with one attached hydrogen (secondary N) is 2. The van der Waals surface area contributed by atoms with Crippen LogP contribution in [0.5, 0.6) is 0 Å². The van der Waals surface area contributed by atoms with E-state index in [1.807, 2.05) is 6.07 Å². The van der Waals surface area contributed by atoms with Crippen molar-refractivity contribution in [2.45, 2.75) is 12.8 Å². The van der Waals surface area contributed by atoms with Crippen molar-refractivity contribution >= 4 is 40.7 Å². The van der Waals surface area contributed by atoms with Gasteiger partial charge in [-0.3, -0.25) is 0 Å². The highest BCUT2D eigenvalue weighted by molar-refractivity contribution is 6.43. The van der Waals surface area contributed by atoms with Gasteiger partial charge >= 0.3 is 0 Å². The van der Waals surface area contributed by atoms with E-state index >= 15 is 0 Å². The zero-order chi connectivity index (χ0) is 17.5. The molecule has 0 aliphatic heterocycles. The molecule has 25 heavy (non-hydrogen) atoms. The third-order valence-corrected chi connectivity index (χ3v) is 4.37. The summed E-state index contributed by atoms with van der Waals surface area (Å²) in [6.07, 6.45) is 3.60. The van der Waals surface area contributed by atoms with E-state index in [1.54, 1.807) is 24.4 Å². The number of anilines is 3. The minimum Gasteiger partial charge on any atom is -0.369 e. The molecule has 0 fully saturated rings. The maximum atomic E-state index is 6.16. The van der Waals surface area contributed by atoms with Crippen molar-refractivity contribution in [3.05, 3.63) is 70.3 Å². The van der Waals surface area contributed by atoms with Gasteiger partial charge in [0.05, 0.1) is 21.9 Å². The van der Waals surface area contributed by atoms with E-state index in [-0.39, 0.29) is 0 Å². The van der Waals surface area contributed by atoms with Gasteiger partial charge < -0.3 is 10.6 Å². The predicted molar refractivity (Wildman–Crippen MR) is 103 cm³/mol. The Morgan fingerprint density at radius 2 is 1.80 bits per heavy atom. The van der Waals surface area contributed by atoms with Crippen molar-refractivity contribution in [2.75, 3.05) is 17.2 Å². The molecule has 0 aliphatic carbocycles. The number of nitrogens with zero attached hydrogens (tertiary/aromatic N) is 3. The van der Waals surface area contributed by atoms with Gasteiger partial charge in [0.25, 0.3) is 0 Å². The fourth-order valence-electron chi connectivity index (χ4n) is 2.32. The molecular weight excluding hydrogens is 357 g/mol. The normalized spacial score (nSPS) is 10.5. The molecule has 0 saturated heterocycles. The van der Waals surface area contributed by atoms with Gasteiger partial charge in [-0.05, 0) is 30.5 Å². The summed E-state index contributed by atoms with van der Waals surface area (Å²) >= 11 is 12.2. The first-order valence-electron chi connectivity index (χ1n) is 7.91. The minimum absolute atomic E-state index is 0.359. The van der Waals surface area contributed by atoms with Crippen molar-refractivity contribution in [2.24, 2.45) is 0 Å². The van der Waals surface area contributed by atoms with E-state index in [4.69, 9.17) is 23.2 Å². The maximum Gasteiger partial charge on any atom is 0.249 e. The Bertz CT molecular complexity index is 827. The van der Waals surface area contributed by atoms with Crippen molar-refractivity contribution in [3.8, 4) is 0 Å². The fraction of sp³-hybridized carbons (Fsp3) is 0.167. The smallest absolute Gasteiger partial charge is 0.249 e. The summed E-state index contributed by atoms with van der Waals surface area (Å²) in [7, 11) is 0. The molecule has 3 rings (SSSR count). The van der Waals surface area contributed by atoms with Crippen LogP contribution in [0.25, 0.3) is 0 Å². The fourth-order valence-corrected chi connectivity index (χ4v) is 2.66. The van der Waals surface area contributed by atoms with Crippen molar-refractivity contribution in [1.82, 2.24) is 15.2 Å². The third kappa shape index (κ3) is 5.05. The summed E-state index contributed by atoms with van der Waals surface area (Å²) in [4.78, 5) is 4.39. The lowest BCUT2D eigenvalue weighted by Crippen LogP contribution is -2.07. The molecule has 0 radical (unpaired) electrons. The minimum atomic E-state index is 0.359. The monoisotopic (exact) mass is 373 g/mol. The first-order chi connectivity index (χ1) is 12.2.